The Morgan fingerprint density at radius 1 is 0.815 bits per heavy atom. The van der Waals surface area contributed by atoms with Crippen LogP contribution in [0.15, 0.2) is 0 Å². The van der Waals surface area contributed by atoms with Crippen molar-refractivity contribution in [2.24, 2.45) is 0 Å². The van der Waals surface area contributed by atoms with E-state index in [4.69, 9.17) is 50.4 Å². The molecule has 0 aliphatic rings. The molecule has 0 radical (unpaired) electrons. The van der Waals surface area contributed by atoms with E-state index in [2.05, 4.69) is 0 Å². The normalized spacial score (nSPS) is 10.4. The molecule has 0 saturated carbocycles. The lowest BCUT2D eigenvalue weighted by atomic mass is 10.4. The summed E-state index contributed by atoms with van der Waals surface area (Å²) in [6.07, 6.45) is -2.57. The number of quaternary nitrogens is 1. The van der Waals surface area contributed by atoms with Gasteiger partial charge in [-0.3, -0.25) is 17.5 Å². The maximum absolute atomic E-state index is 9.45. The van der Waals surface area contributed by atoms with E-state index in [1.54, 1.807) is 0 Å². The molecule has 9 N–H and O–H groups in total. The van der Waals surface area contributed by atoms with E-state index in [1.165, 1.54) is 6.92 Å². The number of rotatable bonds is 2. The van der Waals surface area contributed by atoms with E-state index in [0.717, 1.165) is 6.92 Å². The van der Waals surface area contributed by atoms with Gasteiger partial charge in [0.1, 0.15) is 6.10 Å². The Bertz CT molecular complexity index is 448. The number of carbonyl (C=O) groups excluding carboxylic acids is 1. The van der Waals surface area contributed by atoms with E-state index >= 15 is 0 Å². The fourth-order valence-corrected chi connectivity index (χ4v) is 0. The Balaban J connectivity index is -0.0000000216. The molecule has 0 aliphatic heterocycles. The molecule has 27 heavy (non-hydrogen) atoms. The summed E-state index contributed by atoms with van der Waals surface area (Å²) in [6.45, 7) is 2.33. The molecule has 0 fully saturated rings. The highest BCUT2D eigenvalue weighted by Crippen LogP contribution is 1.73. The number of hydrogen-bond donors (Lipinski definition) is 6. The van der Waals surface area contributed by atoms with Gasteiger partial charge in [0, 0.05) is 10.4 Å². The van der Waals surface area contributed by atoms with Crippen molar-refractivity contribution in [3.8, 4) is 0 Å². The summed E-state index contributed by atoms with van der Waals surface area (Å²) in [4.78, 5) is 18.8. The van der Waals surface area contributed by atoms with Crippen molar-refractivity contribution < 1.29 is 65.1 Å². The molecule has 0 bridgehead atoms. The summed E-state index contributed by atoms with van der Waals surface area (Å²) in [7, 11) is -9.83. The number of hydrogen-bond acceptors (Lipinski definition) is 11. The molecule has 2 atom stereocenters. The van der Waals surface area contributed by atoms with Crippen molar-refractivity contribution in [1.82, 2.24) is 6.15 Å². The van der Waals surface area contributed by atoms with Crippen LogP contribution in [0.1, 0.15) is 43.6 Å². The molecule has 0 aromatic rings. The molecule has 0 heterocycles. The molecular weight excluding hydrogens is 422 g/mol. The van der Waals surface area contributed by atoms with Crippen molar-refractivity contribution >= 4 is 32.7 Å². The van der Waals surface area contributed by atoms with Crippen molar-refractivity contribution in [3.63, 3.8) is 0 Å². The lowest BCUT2D eigenvalue weighted by molar-refractivity contribution is -0.314. The van der Waals surface area contributed by atoms with E-state index in [9.17, 15) is 14.7 Å². The van der Waals surface area contributed by atoms with Gasteiger partial charge in [-0.05, 0) is 13.8 Å². The summed E-state index contributed by atoms with van der Waals surface area (Å²) >= 11 is 0. The van der Waals surface area contributed by atoms with Crippen LogP contribution in [0, 0.1) is 0 Å². The highest BCUT2D eigenvalue weighted by Gasteiger charge is 2.01. The zero-order valence-corrected chi connectivity index (χ0v) is 13.5. The minimum Gasteiger partial charge on any atom is -0.759 e. The number of aliphatic hydroxyl groups is 2. The van der Waals surface area contributed by atoms with Gasteiger partial charge < -0.3 is 40.5 Å². The largest absolute Gasteiger partial charge is 0.759 e. The number of carboxylic acid groups (broad SMARTS) is 2. The SMILES string of the molecule is C.C.C.C.CC(O)C(=O)O.CC(O)C(=O)[O-].O=S(=O)(O)O.O=S(=O)([O-])[O-].[NH4+]. The number of aliphatic carboxylic acids is 2. The smallest absolute Gasteiger partial charge is 0.394 e. The van der Waals surface area contributed by atoms with Crippen LogP contribution in [-0.2, 0) is 30.4 Å². The zero-order chi connectivity index (χ0) is 19.3. The van der Waals surface area contributed by atoms with Crippen LogP contribution in [0.3, 0.4) is 0 Å². The van der Waals surface area contributed by atoms with Crippen LogP contribution in [-0.4, -0.2) is 74.5 Å². The van der Waals surface area contributed by atoms with E-state index in [0.29, 0.717) is 0 Å². The molecule has 0 aliphatic carbocycles. The molecule has 17 heteroatoms. The third kappa shape index (κ3) is 290. The Labute approximate surface area is 160 Å². The zero-order valence-electron chi connectivity index (χ0n) is 11.9. The van der Waals surface area contributed by atoms with Crippen molar-refractivity contribution in [1.29, 1.82) is 0 Å². The minimum atomic E-state index is -5.17. The third-order valence-corrected chi connectivity index (χ3v) is 0.699. The molecule has 15 nitrogen and oxygen atoms in total. The predicted molar refractivity (Wildman–Crippen MR) is 93.6 cm³/mol. The van der Waals surface area contributed by atoms with Gasteiger partial charge >= 0.3 is 16.4 Å². The molecule has 0 spiro atoms. The lowest BCUT2D eigenvalue weighted by Crippen LogP contribution is -2.32. The summed E-state index contributed by atoms with van der Waals surface area (Å²) in [5.74, 6) is -2.62. The third-order valence-electron chi connectivity index (χ3n) is 0.699. The predicted octanol–water partition coefficient (Wildman–Crippen LogP) is -1.50. The van der Waals surface area contributed by atoms with Crippen LogP contribution in [0.5, 0.6) is 0 Å². The van der Waals surface area contributed by atoms with E-state index in [1.807, 2.05) is 0 Å². The van der Waals surface area contributed by atoms with Crippen LogP contribution in [0.4, 0.5) is 0 Å². The van der Waals surface area contributed by atoms with Crippen LogP contribution < -0.4 is 11.3 Å². The Morgan fingerprint density at radius 3 is 0.889 bits per heavy atom. The average molecular weight is 456 g/mol. The van der Waals surface area contributed by atoms with Crippen LogP contribution in [0.2, 0.25) is 0 Å². The maximum Gasteiger partial charge on any atom is 0.394 e. The number of aliphatic hydroxyl groups excluding tert-OH is 2. The molecular formula is C10H33NO14S2-2. The molecule has 0 amide bonds. The van der Waals surface area contributed by atoms with Crippen molar-refractivity contribution in [2.75, 3.05) is 0 Å². The first-order chi connectivity index (χ1) is 9.29. The first-order valence-electron chi connectivity index (χ1n) is 4.45. The van der Waals surface area contributed by atoms with Gasteiger partial charge in [-0.15, -0.1) is 0 Å². The van der Waals surface area contributed by atoms with Gasteiger partial charge in [0.05, 0.1) is 12.1 Å². The highest BCUT2D eigenvalue weighted by atomic mass is 32.3. The second kappa shape index (κ2) is 26.8. The molecule has 0 aromatic heterocycles. The standard InChI is InChI=1S/2C3H6O3.4CH4.H3N.2H2O4S/c2*1-2(4)3(5)6;;;;;;2*1-5(2,3)4/h2*2,4H,1H3,(H,5,6);4*1H4;1H3;2*(H2,1,2,3,4)/p-2. The summed E-state index contributed by atoms with van der Waals surface area (Å²) < 4.78 is 65.7. The summed E-state index contributed by atoms with van der Waals surface area (Å²) in [5.41, 5.74) is 0. The second-order valence-electron chi connectivity index (χ2n) is 2.87. The molecule has 0 rings (SSSR count). The molecule has 0 saturated heterocycles. The topological polar surface area (TPSA) is 309 Å². The van der Waals surface area contributed by atoms with Crippen LogP contribution >= 0.6 is 0 Å². The van der Waals surface area contributed by atoms with Crippen molar-refractivity contribution in [3.05, 3.63) is 0 Å². The Hall–Kier alpha value is -1.44. The fourth-order valence-electron chi connectivity index (χ4n) is 0. The Kier molecular flexibility index (Phi) is 55.8. The number of carbonyl (C=O) groups is 2. The molecule has 2 unspecified atom stereocenters. The second-order valence-corrected chi connectivity index (χ2v) is 4.58. The average Bonchev–Trinajstić information content (AvgIpc) is 2.12. The monoisotopic (exact) mass is 455 g/mol. The first-order valence-corrected chi connectivity index (χ1v) is 7.18. The quantitative estimate of drug-likeness (QED) is 0.204. The maximum atomic E-state index is 9.45. The summed E-state index contributed by atoms with van der Waals surface area (Å²) in [5, 5.41) is 33.1. The first kappa shape index (κ1) is 56.2. The van der Waals surface area contributed by atoms with Crippen LogP contribution in [0.25, 0.3) is 0 Å². The van der Waals surface area contributed by atoms with Crippen molar-refractivity contribution in [2.45, 2.75) is 55.8 Å². The van der Waals surface area contributed by atoms with Gasteiger partial charge in [0.2, 0.25) is 0 Å². The lowest BCUT2D eigenvalue weighted by Gasteiger charge is -2.06. The minimum absolute atomic E-state index is 0. The van der Waals surface area contributed by atoms with Gasteiger partial charge in [-0.25, -0.2) is 4.79 Å². The van der Waals surface area contributed by atoms with Gasteiger partial charge in [-0.2, -0.15) is 8.42 Å². The summed E-state index contributed by atoms with van der Waals surface area (Å²) in [6, 6.07) is 0. The van der Waals surface area contributed by atoms with E-state index < -0.39 is 44.9 Å². The molecule has 176 valence electrons. The van der Waals surface area contributed by atoms with Gasteiger partial charge in [0.15, 0.2) is 0 Å². The van der Waals surface area contributed by atoms with E-state index in [-0.39, 0.29) is 35.9 Å². The Morgan fingerprint density at radius 2 is 0.889 bits per heavy atom. The number of carboxylic acids is 2. The molecule has 0 aromatic carbocycles. The fraction of sp³-hybridized carbons (Fsp3) is 0.800. The highest BCUT2D eigenvalue weighted by molar-refractivity contribution is 7.80. The van der Waals surface area contributed by atoms with Gasteiger partial charge in [0.25, 0.3) is 0 Å². The van der Waals surface area contributed by atoms with Gasteiger partial charge in [-0.1, -0.05) is 29.7 Å².